The summed E-state index contributed by atoms with van der Waals surface area (Å²) in [6.07, 6.45) is 2.32. The fraction of sp³-hybridized carbons (Fsp3) is 0.227. The highest BCUT2D eigenvalue weighted by atomic mass is 35.5. The Morgan fingerprint density at radius 3 is 2.59 bits per heavy atom. The molecule has 0 aliphatic carbocycles. The van der Waals surface area contributed by atoms with E-state index < -0.39 is 11.2 Å². The first-order valence-corrected chi connectivity index (χ1v) is 10.1. The zero-order chi connectivity index (χ0) is 20.8. The Labute approximate surface area is 200 Å². The molecule has 2 aromatic carbocycles. The largest absolute Gasteiger partial charge is 0.494 e. The zero-order valence-electron chi connectivity index (χ0n) is 17.1. The number of benzene rings is 2. The molecule has 0 amide bonds. The Morgan fingerprint density at radius 2 is 1.91 bits per heavy atom. The van der Waals surface area contributed by atoms with Crippen molar-refractivity contribution in [2.24, 2.45) is 0 Å². The van der Waals surface area contributed by atoms with Gasteiger partial charge < -0.3 is 10.1 Å². The van der Waals surface area contributed by atoms with E-state index >= 15 is 0 Å². The lowest BCUT2D eigenvalue weighted by atomic mass is 10.1. The molecule has 5 rings (SSSR count). The number of para-hydroxylation sites is 1. The molecule has 1 atom stereocenters. The van der Waals surface area contributed by atoms with Crippen molar-refractivity contribution >= 4 is 58.2 Å². The minimum atomic E-state index is -0.420. The van der Waals surface area contributed by atoms with Gasteiger partial charge in [-0.05, 0) is 37.2 Å². The molecule has 1 fully saturated rings. The molecule has 0 saturated carbocycles. The Bertz CT molecular complexity index is 1410. The number of aromatic nitrogens is 3. The summed E-state index contributed by atoms with van der Waals surface area (Å²) >= 11 is 6.14. The van der Waals surface area contributed by atoms with Gasteiger partial charge in [-0.3, -0.25) is 14.3 Å². The van der Waals surface area contributed by atoms with Crippen molar-refractivity contribution in [1.29, 1.82) is 0 Å². The van der Waals surface area contributed by atoms with Gasteiger partial charge in [0.2, 0.25) is 0 Å². The van der Waals surface area contributed by atoms with Crippen LogP contribution in [0.1, 0.15) is 12.5 Å². The summed E-state index contributed by atoms with van der Waals surface area (Å²) in [7, 11) is 1.58. The second-order valence-corrected chi connectivity index (χ2v) is 7.73. The summed E-state index contributed by atoms with van der Waals surface area (Å²) in [6.45, 7) is 1.46. The number of hydrogen-bond donors (Lipinski definition) is 1. The molecular formula is C22H21Cl3N4O3. The maximum atomic E-state index is 13.7. The van der Waals surface area contributed by atoms with Gasteiger partial charge in [0, 0.05) is 23.2 Å². The minimum Gasteiger partial charge on any atom is -0.494 e. The van der Waals surface area contributed by atoms with Crippen LogP contribution >= 0.6 is 36.4 Å². The topological polar surface area (TPSA) is 78.2 Å². The molecule has 3 heterocycles. The first kappa shape index (κ1) is 24.1. The number of nitrogens with zero attached hydrogens (tertiary/aromatic N) is 3. The monoisotopic (exact) mass is 494 g/mol. The van der Waals surface area contributed by atoms with Crippen molar-refractivity contribution in [3.05, 3.63) is 74.5 Å². The number of methoxy groups -OCH3 is 1. The molecule has 1 saturated heterocycles. The molecule has 10 heteroatoms. The fourth-order valence-corrected chi connectivity index (χ4v) is 4.40. The molecular weight excluding hydrogens is 475 g/mol. The molecule has 32 heavy (non-hydrogen) atoms. The predicted molar refractivity (Wildman–Crippen MR) is 132 cm³/mol. The Kier molecular flexibility index (Phi) is 7.15. The van der Waals surface area contributed by atoms with E-state index in [0.717, 1.165) is 13.0 Å². The quantitative estimate of drug-likeness (QED) is 0.438. The molecule has 1 aliphatic heterocycles. The first-order valence-electron chi connectivity index (χ1n) is 9.70. The molecule has 168 valence electrons. The highest BCUT2D eigenvalue weighted by molar-refractivity contribution is 6.30. The van der Waals surface area contributed by atoms with Crippen LogP contribution in [0.15, 0.2) is 58.3 Å². The van der Waals surface area contributed by atoms with Gasteiger partial charge >= 0.3 is 5.69 Å². The number of fused-ring (bicyclic) bond motifs is 3. The van der Waals surface area contributed by atoms with Crippen molar-refractivity contribution in [3.8, 4) is 11.4 Å². The van der Waals surface area contributed by atoms with E-state index in [1.54, 1.807) is 35.9 Å². The third kappa shape index (κ3) is 3.75. The zero-order valence-corrected chi connectivity index (χ0v) is 19.5. The number of nitrogens with one attached hydrogen (secondary N) is 1. The Hall–Kier alpha value is -2.58. The highest BCUT2D eigenvalue weighted by Gasteiger charge is 2.25. The smallest absolute Gasteiger partial charge is 0.336 e. The summed E-state index contributed by atoms with van der Waals surface area (Å²) in [5.41, 5.74) is 0.827. The van der Waals surface area contributed by atoms with Gasteiger partial charge in [-0.25, -0.2) is 9.36 Å². The standard InChI is InChI=1S/C22H19ClN4O3.2ClH/c1-30-18-7-3-6-16-19(18)25-12-17-20(16)26(15-8-9-24-11-15)22(29)27(21(17)28)14-5-2-4-13(23)10-14;;/h2-7,10,12,15,24H,8-9,11H2,1H3;2*1H/t15-;;/m1../s1. The number of ether oxygens (including phenoxy) is 1. The van der Waals surface area contributed by atoms with Crippen LogP contribution in [-0.2, 0) is 0 Å². The molecule has 0 unspecified atom stereocenters. The average Bonchev–Trinajstić information content (AvgIpc) is 3.27. The minimum absolute atomic E-state index is 0. The van der Waals surface area contributed by atoms with Gasteiger partial charge in [-0.2, -0.15) is 0 Å². The number of hydrogen-bond acceptors (Lipinski definition) is 5. The van der Waals surface area contributed by atoms with Gasteiger partial charge in [0.15, 0.2) is 0 Å². The van der Waals surface area contributed by atoms with Gasteiger partial charge in [-0.1, -0.05) is 29.8 Å². The van der Waals surface area contributed by atoms with Crippen molar-refractivity contribution in [3.63, 3.8) is 0 Å². The second kappa shape index (κ2) is 9.50. The molecule has 2 aromatic heterocycles. The normalized spacial score (nSPS) is 15.4. The molecule has 0 spiro atoms. The average molecular weight is 496 g/mol. The number of pyridine rings is 1. The van der Waals surface area contributed by atoms with Gasteiger partial charge in [0.1, 0.15) is 11.3 Å². The van der Waals surface area contributed by atoms with Crippen molar-refractivity contribution in [2.75, 3.05) is 20.2 Å². The van der Waals surface area contributed by atoms with Crippen molar-refractivity contribution in [2.45, 2.75) is 12.5 Å². The predicted octanol–water partition coefficient (Wildman–Crippen LogP) is 3.74. The third-order valence-corrected chi connectivity index (χ3v) is 5.82. The maximum absolute atomic E-state index is 13.7. The third-order valence-electron chi connectivity index (χ3n) is 5.59. The fourth-order valence-electron chi connectivity index (χ4n) is 4.21. The van der Waals surface area contributed by atoms with Crippen LogP contribution in [0.2, 0.25) is 5.02 Å². The van der Waals surface area contributed by atoms with Crippen LogP contribution in [0.4, 0.5) is 0 Å². The Balaban J connectivity index is 0.00000144. The van der Waals surface area contributed by atoms with E-state index in [1.807, 2.05) is 18.2 Å². The van der Waals surface area contributed by atoms with Crippen molar-refractivity contribution in [1.82, 2.24) is 19.4 Å². The summed E-state index contributed by atoms with van der Waals surface area (Å²) in [5, 5.41) is 4.85. The number of rotatable bonds is 3. The Morgan fingerprint density at radius 1 is 1.12 bits per heavy atom. The lowest BCUT2D eigenvalue weighted by Crippen LogP contribution is -2.41. The van der Waals surface area contributed by atoms with E-state index in [9.17, 15) is 9.59 Å². The number of halogens is 3. The van der Waals surface area contributed by atoms with Crippen LogP contribution in [0.3, 0.4) is 0 Å². The molecule has 4 aromatic rings. The van der Waals surface area contributed by atoms with Gasteiger partial charge in [-0.15, -0.1) is 24.8 Å². The molecule has 1 N–H and O–H groups in total. The van der Waals surface area contributed by atoms with Crippen LogP contribution in [-0.4, -0.2) is 34.3 Å². The highest BCUT2D eigenvalue weighted by Crippen LogP contribution is 2.30. The maximum Gasteiger partial charge on any atom is 0.336 e. The molecule has 0 radical (unpaired) electrons. The SMILES string of the molecule is COc1cccc2c1ncc1c(=O)n(-c3cccc(Cl)c3)c(=O)n([C@@H]3CCNC3)c12.Cl.Cl. The summed E-state index contributed by atoms with van der Waals surface area (Å²) in [5.74, 6) is 0.594. The van der Waals surface area contributed by atoms with Gasteiger partial charge in [0.05, 0.1) is 29.7 Å². The van der Waals surface area contributed by atoms with Crippen LogP contribution in [0.25, 0.3) is 27.5 Å². The molecule has 1 aliphatic rings. The lowest BCUT2D eigenvalue weighted by Gasteiger charge is -2.20. The molecule has 7 nitrogen and oxygen atoms in total. The van der Waals surface area contributed by atoms with Gasteiger partial charge in [0.25, 0.3) is 5.56 Å². The van der Waals surface area contributed by atoms with Crippen molar-refractivity contribution < 1.29 is 4.74 Å². The van der Waals surface area contributed by atoms with E-state index in [-0.39, 0.29) is 30.9 Å². The van der Waals surface area contributed by atoms with E-state index in [1.165, 1.54) is 10.8 Å². The molecule has 0 bridgehead atoms. The lowest BCUT2D eigenvalue weighted by molar-refractivity contribution is 0.419. The second-order valence-electron chi connectivity index (χ2n) is 7.30. The van der Waals surface area contributed by atoms with Crippen LogP contribution in [0.5, 0.6) is 5.75 Å². The van der Waals surface area contributed by atoms with E-state index in [4.69, 9.17) is 16.3 Å². The first-order chi connectivity index (χ1) is 14.6. The summed E-state index contributed by atoms with van der Waals surface area (Å²) in [6, 6.07) is 12.2. The van der Waals surface area contributed by atoms with E-state index in [0.29, 0.717) is 44.8 Å². The summed E-state index contributed by atoms with van der Waals surface area (Å²) in [4.78, 5) is 31.6. The van der Waals surface area contributed by atoms with Crippen LogP contribution in [0, 0.1) is 0 Å². The van der Waals surface area contributed by atoms with E-state index in [2.05, 4.69) is 10.3 Å². The van der Waals surface area contributed by atoms with Crippen LogP contribution < -0.4 is 21.3 Å². The summed E-state index contributed by atoms with van der Waals surface area (Å²) < 4.78 is 8.35.